The number of aromatic nitrogens is 1. The summed E-state index contributed by atoms with van der Waals surface area (Å²) >= 11 is 3.52. The van der Waals surface area contributed by atoms with E-state index in [2.05, 4.69) is 27.0 Å². The molecule has 2 rings (SSSR count). The van der Waals surface area contributed by atoms with Gasteiger partial charge in [0.25, 0.3) is 0 Å². The van der Waals surface area contributed by atoms with Gasteiger partial charge < -0.3 is 4.74 Å². The molecule has 0 aliphatic rings. The van der Waals surface area contributed by atoms with E-state index in [-0.39, 0.29) is 5.60 Å². The van der Waals surface area contributed by atoms with Crippen LogP contribution in [0, 0.1) is 6.07 Å². The summed E-state index contributed by atoms with van der Waals surface area (Å²) in [5.41, 5.74) is 0.675. The molecule has 1 aromatic heterocycles. The summed E-state index contributed by atoms with van der Waals surface area (Å²) in [7, 11) is 0. The molecule has 2 aromatic rings. The molecule has 0 saturated heterocycles. The summed E-state index contributed by atoms with van der Waals surface area (Å²) in [4.78, 5) is 4.45. The van der Waals surface area contributed by atoms with Crippen molar-refractivity contribution in [1.29, 1.82) is 0 Å². The molecule has 0 fully saturated rings. The molecule has 0 bridgehead atoms. The van der Waals surface area contributed by atoms with Crippen LogP contribution in [-0.2, 0) is 0 Å². The lowest BCUT2D eigenvalue weighted by Gasteiger charge is -2.20. The number of ether oxygens (including phenoxy) is 1. The van der Waals surface area contributed by atoms with Crippen LogP contribution in [0.1, 0.15) is 20.8 Å². The summed E-state index contributed by atoms with van der Waals surface area (Å²) in [5.74, 6) is 0.637. The minimum atomic E-state index is -0.235. The fraction of sp³-hybridized carbons (Fsp3) is 0.308. The van der Waals surface area contributed by atoms with Crippen LogP contribution < -0.4 is 4.74 Å². The van der Waals surface area contributed by atoms with Gasteiger partial charge in [-0.2, -0.15) is 0 Å². The van der Waals surface area contributed by atoms with Gasteiger partial charge in [-0.3, -0.25) is 0 Å². The van der Waals surface area contributed by atoms with E-state index in [1.807, 2.05) is 45.0 Å². The number of nitrogens with zero attached hydrogens (tertiary/aromatic N) is 1. The fourth-order valence-corrected chi connectivity index (χ4v) is 1.93. The first-order chi connectivity index (χ1) is 7.46. The molecule has 0 unspecified atom stereocenters. The Morgan fingerprint density at radius 2 is 2.12 bits per heavy atom. The van der Waals surface area contributed by atoms with E-state index in [4.69, 9.17) is 4.74 Å². The molecule has 16 heavy (non-hydrogen) atoms. The Balaban J connectivity index is 2.50. The van der Waals surface area contributed by atoms with E-state index < -0.39 is 0 Å². The maximum atomic E-state index is 5.74. The van der Waals surface area contributed by atoms with Crippen LogP contribution in [0.25, 0.3) is 10.9 Å². The minimum Gasteiger partial charge on any atom is -0.472 e. The average Bonchev–Trinajstić information content (AvgIpc) is 2.15. The highest BCUT2D eigenvalue weighted by Crippen LogP contribution is 2.27. The SMILES string of the molecule is CC(C)(C)Oc1cc(Br)c2c[c]ccc2n1. The van der Waals surface area contributed by atoms with Gasteiger partial charge in [-0.25, -0.2) is 4.98 Å². The van der Waals surface area contributed by atoms with Crippen molar-refractivity contribution in [3.05, 3.63) is 34.8 Å². The average molecular weight is 279 g/mol. The standard InChI is InChI=1S/C13H13BrNO/c1-13(2,3)16-12-8-10(14)9-6-4-5-7-11(9)15-12/h5-8H,1-3H3. The Morgan fingerprint density at radius 3 is 2.81 bits per heavy atom. The molecule has 0 N–H and O–H groups in total. The van der Waals surface area contributed by atoms with E-state index in [1.165, 1.54) is 0 Å². The topological polar surface area (TPSA) is 22.1 Å². The molecular formula is C13H13BrNO. The lowest BCUT2D eigenvalue weighted by atomic mass is 10.2. The number of pyridine rings is 1. The van der Waals surface area contributed by atoms with Crippen LogP contribution in [0.15, 0.2) is 28.7 Å². The molecule has 3 heteroatoms. The number of halogens is 1. The van der Waals surface area contributed by atoms with Crippen molar-refractivity contribution in [1.82, 2.24) is 4.98 Å². The number of benzene rings is 1. The van der Waals surface area contributed by atoms with Crippen molar-refractivity contribution >= 4 is 26.8 Å². The zero-order chi connectivity index (χ0) is 11.8. The Hall–Kier alpha value is -1.09. The van der Waals surface area contributed by atoms with Crippen molar-refractivity contribution in [2.75, 3.05) is 0 Å². The van der Waals surface area contributed by atoms with E-state index in [1.54, 1.807) is 0 Å². The number of hydrogen-bond acceptors (Lipinski definition) is 2. The zero-order valence-electron chi connectivity index (χ0n) is 9.54. The van der Waals surface area contributed by atoms with Crippen molar-refractivity contribution < 1.29 is 4.74 Å². The van der Waals surface area contributed by atoms with Crippen molar-refractivity contribution in [2.45, 2.75) is 26.4 Å². The summed E-state index contributed by atoms with van der Waals surface area (Å²) in [6.07, 6.45) is 0. The molecule has 1 radical (unpaired) electrons. The van der Waals surface area contributed by atoms with Gasteiger partial charge in [0.1, 0.15) is 5.60 Å². The van der Waals surface area contributed by atoms with Crippen LogP contribution in [0.5, 0.6) is 5.88 Å². The van der Waals surface area contributed by atoms with Gasteiger partial charge in [0, 0.05) is 15.9 Å². The zero-order valence-corrected chi connectivity index (χ0v) is 11.1. The summed E-state index contributed by atoms with van der Waals surface area (Å²) < 4.78 is 6.72. The first-order valence-electron chi connectivity index (χ1n) is 5.11. The third-order valence-corrected chi connectivity index (χ3v) is 2.65. The predicted octanol–water partition coefficient (Wildman–Crippen LogP) is 3.97. The molecule has 2 nitrogen and oxygen atoms in total. The Kier molecular flexibility index (Phi) is 2.89. The van der Waals surface area contributed by atoms with Gasteiger partial charge in [0.05, 0.1) is 5.52 Å². The first-order valence-corrected chi connectivity index (χ1v) is 5.90. The largest absolute Gasteiger partial charge is 0.472 e. The van der Waals surface area contributed by atoms with E-state index in [9.17, 15) is 0 Å². The fourth-order valence-electron chi connectivity index (χ4n) is 1.41. The molecule has 0 saturated carbocycles. The second-order valence-electron chi connectivity index (χ2n) is 4.60. The number of fused-ring (bicyclic) bond motifs is 1. The lowest BCUT2D eigenvalue weighted by molar-refractivity contribution is 0.124. The van der Waals surface area contributed by atoms with Crippen LogP contribution in [-0.4, -0.2) is 10.6 Å². The number of hydrogen-bond donors (Lipinski definition) is 0. The quantitative estimate of drug-likeness (QED) is 0.787. The molecular weight excluding hydrogens is 266 g/mol. The van der Waals surface area contributed by atoms with Crippen molar-refractivity contribution in [2.24, 2.45) is 0 Å². The van der Waals surface area contributed by atoms with Gasteiger partial charge in [0.15, 0.2) is 0 Å². The highest BCUT2D eigenvalue weighted by atomic mass is 79.9. The Labute approximate surface area is 104 Å². The van der Waals surface area contributed by atoms with Gasteiger partial charge >= 0.3 is 0 Å². The third kappa shape index (κ3) is 2.53. The van der Waals surface area contributed by atoms with Gasteiger partial charge in [-0.15, -0.1) is 0 Å². The highest BCUT2D eigenvalue weighted by Gasteiger charge is 2.13. The number of rotatable bonds is 1. The summed E-state index contributed by atoms with van der Waals surface area (Å²) in [6, 6.07) is 10.6. The second-order valence-corrected chi connectivity index (χ2v) is 5.45. The Bertz CT molecular complexity index is 517. The highest BCUT2D eigenvalue weighted by molar-refractivity contribution is 9.10. The monoisotopic (exact) mass is 278 g/mol. The molecule has 0 spiro atoms. The van der Waals surface area contributed by atoms with Crippen LogP contribution >= 0.6 is 15.9 Å². The smallest absolute Gasteiger partial charge is 0.215 e. The maximum absolute atomic E-state index is 5.74. The van der Waals surface area contributed by atoms with Gasteiger partial charge in [-0.05, 0) is 54.9 Å². The minimum absolute atomic E-state index is 0.235. The van der Waals surface area contributed by atoms with Crippen LogP contribution in [0.4, 0.5) is 0 Å². The van der Waals surface area contributed by atoms with E-state index in [0.717, 1.165) is 15.4 Å². The molecule has 1 aromatic carbocycles. The van der Waals surface area contributed by atoms with Gasteiger partial charge in [0.2, 0.25) is 5.88 Å². The predicted molar refractivity (Wildman–Crippen MR) is 68.7 cm³/mol. The maximum Gasteiger partial charge on any atom is 0.215 e. The molecule has 1 heterocycles. The Morgan fingerprint density at radius 1 is 1.38 bits per heavy atom. The molecule has 0 amide bonds. The van der Waals surface area contributed by atoms with E-state index in [0.29, 0.717) is 5.88 Å². The molecule has 0 atom stereocenters. The first kappa shape index (κ1) is 11.4. The van der Waals surface area contributed by atoms with Crippen molar-refractivity contribution in [3.63, 3.8) is 0 Å². The lowest BCUT2D eigenvalue weighted by Crippen LogP contribution is -2.23. The van der Waals surface area contributed by atoms with Crippen molar-refractivity contribution in [3.8, 4) is 5.88 Å². The third-order valence-electron chi connectivity index (χ3n) is 1.99. The molecule has 0 aliphatic carbocycles. The van der Waals surface area contributed by atoms with Gasteiger partial charge in [-0.1, -0.05) is 6.07 Å². The molecule has 0 aliphatic heterocycles. The second kappa shape index (κ2) is 4.06. The van der Waals surface area contributed by atoms with Crippen LogP contribution in [0.3, 0.4) is 0 Å². The summed E-state index contributed by atoms with van der Waals surface area (Å²) in [6.45, 7) is 6.02. The summed E-state index contributed by atoms with van der Waals surface area (Å²) in [5, 5.41) is 1.05. The van der Waals surface area contributed by atoms with E-state index >= 15 is 0 Å². The molecule has 83 valence electrons. The normalized spacial score (nSPS) is 11.8. The van der Waals surface area contributed by atoms with Crippen LogP contribution in [0.2, 0.25) is 0 Å².